The van der Waals surface area contributed by atoms with Gasteiger partial charge in [-0.1, -0.05) is 83.9 Å². The van der Waals surface area contributed by atoms with E-state index in [1.165, 1.54) is 11.3 Å². The Balaban J connectivity index is 0.000000136. The number of benzene rings is 4. The third-order valence-corrected chi connectivity index (χ3v) is 7.35. The van der Waals surface area contributed by atoms with Crippen LogP contribution in [-0.4, -0.2) is 5.78 Å². The first kappa shape index (κ1) is 20.9. The SMILES string of the molecule is O=C1c2ccccc2Cc2ccccc21.O=c1c2ccccc2sc2c(Cl)cc(Cl)cc12. The number of rotatable bonds is 0. The fourth-order valence-corrected chi connectivity index (χ4v) is 5.64. The van der Waals surface area contributed by atoms with Crippen molar-refractivity contribution in [1.29, 1.82) is 0 Å². The van der Waals surface area contributed by atoms with Crippen LogP contribution in [0.25, 0.3) is 20.2 Å². The summed E-state index contributed by atoms with van der Waals surface area (Å²) >= 11 is 13.6. The monoisotopic (exact) mass is 474 g/mol. The molecular weight excluding hydrogens is 459 g/mol. The summed E-state index contributed by atoms with van der Waals surface area (Å²) in [4.78, 5) is 24.4. The Kier molecular flexibility index (Phi) is 5.56. The minimum Gasteiger partial charge on any atom is -0.289 e. The first-order valence-electron chi connectivity index (χ1n) is 10.0. The molecule has 6 rings (SSSR count). The Morgan fingerprint density at radius 2 is 1.28 bits per heavy atom. The van der Waals surface area contributed by atoms with Gasteiger partial charge in [0.05, 0.1) is 9.72 Å². The third-order valence-electron chi connectivity index (χ3n) is 5.50. The lowest BCUT2D eigenvalue weighted by Gasteiger charge is -2.17. The summed E-state index contributed by atoms with van der Waals surface area (Å²) in [6.07, 6.45) is 0.873. The van der Waals surface area contributed by atoms with Crippen molar-refractivity contribution in [2.75, 3.05) is 0 Å². The molecule has 0 bridgehead atoms. The fraction of sp³-hybridized carbons (Fsp3) is 0.0370. The third kappa shape index (κ3) is 3.73. The normalized spacial score (nSPS) is 12.1. The van der Waals surface area contributed by atoms with Crippen LogP contribution < -0.4 is 5.43 Å². The van der Waals surface area contributed by atoms with Gasteiger partial charge in [-0.05, 0) is 41.8 Å². The number of fused-ring (bicyclic) bond motifs is 4. The highest BCUT2D eigenvalue weighted by Crippen LogP contribution is 2.32. The van der Waals surface area contributed by atoms with Crippen LogP contribution in [0.4, 0.5) is 0 Å². The van der Waals surface area contributed by atoms with E-state index in [2.05, 4.69) is 0 Å². The number of hydrogen-bond acceptors (Lipinski definition) is 3. The second-order valence-electron chi connectivity index (χ2n) is 7.51. The summed E-state index contributed by atoms with van der Waals surface area (Å²) in [5, 5.41) is 2.32. The Hall–Kier alpha value is -2.98. The number of hydrogen-bond donors (Lipinski definition) is 0. The van der Waals surface area contributed by atoms with Gasteiger partial charge in [0.1, 0.15) is 0 Å². The van der Waals surface area contributed by atoms with Gasteiger partial charge in [0.25, 0.3) is 0 Å². The molecule has 156 valence electrons. The zero-order valence-electron chi connectivity index (χ0n) is 16.8. The molecule has 1 aliphatic rings. The zero-order valence-corrected chi connectivity index (χ0v) is 19.1. The molecule has 0 aliphatic heterocycles. The van der Waals surface area contributed by atoms with Crippen molar-refractivity contribution in [3.63, 3.8) is 0 Å². The molecule has 0 unspecified atom stereocenters. The van der Waals surface area contributed by atoms with Gasteiger partial charge < -0.3 is 0 Å². The molecule has 0 radical (unpaired) electrons. The summed E-state index contributed by atoms with van der Waals surface area (Å²) in [7, 11) is 0. The zero-order chi connectivity index (χ0) is 22.2. The van der Waals surface area contributed by atoms with E-state index in [1.807, 2.05) is 72.8 Å². The Morgan fingerprint density at radius 1 is 0.688 bits per heavy atom. The number of carbonyl (C=O) groups is 1. The predicted molar refractivity (Wildman–Crippen MR) is 135 cm³/mol. The summed E-state index contributed by atoms with van der Waals surface area (Å²) in [5.74, 6) is 0.160. The van der Waals surface area contributed by atoms with Gasteiger partial charge in [0.2, 0.25) is 0 Å². The van der Waals surface area contributed by atoms with Crippen molar-refractivity contribution in [2.24, 2.45) is 0 Å². The standard InChI is InChI=1S/C14H10O.C13H6Cl2OS/c15-14-12-7-3-1-5-10(12)9-11-6-2-4-8-13(11)14;14-7-5-9-12(16)8-3-1-2-4-11(8)17-13(9)10(15)6-7/h1-8H,9H2;1-6H. The molecule has 5 aromatic rings. The molecule has 32 heavy (non-hydrogen) atoms. The van der Waals surface area contributed by atoms with Gasteiger partial charge in [-0.15, -0.1) is 11.3 Å². The molecule has 2 nitrogen and oxygen atoms in total. The van der Waals surface area contributed by atoms with Crippen LogP contribution in [0, 0.1) is 0 Å². The van der Waals surface area contributed by atoms with Gasteiger partial charge in [-0.25, -0.2) is 0 Å². The van der Waals surface area contributed by atoms with Crippen LogP contribution >= 0.6 is 34.5 Å². The highest BCUT2D eigenvalue weighted by molar-refractivity contribution is 7.25. The molecule has 0 fully saturated rings. The van der Waals surface area contributed by atoms with E-state index < -0.39 is 0 Å². The first-order valence-corrected chi connectivity index (χ1v) is 11.6. The van der Waals surface area contributed by atoms with Crippen molar-refractivity contribution in [2.45, 2.75) is 6.42 Å². The van der Waals surface area contributed by atoms with Crippen LogP contribution in [0.5, 0.6) is 0 Å². The molecule has 4 aromatic carbocycles. The largest absolute Gasteiger partial charge is 0.289 e. The maximum Gasteiger partial charge on any atom is 0.195 e. The van der Waals surface area contributed by atoms with E-state index in [0.29, 0.717) is 20.8 Å². The molecule has 0 spiro atoms. The topological polar surface area (TPSA) is 34.1 Å². The lowest BCUT2D eigenvalue weighted by atomic mass is 9.85. The average Bonchev–Trinajstić information content (AvgIpc) is 2.81. The molecule has 0 atom stereocenters. The van der Waals surface area contributed by atoms with Crippen molar-refractivity contribution in [1.82, 2.24) is 0 Å². The molecule has 0 saturated carbocycles. The molecule has 0 N–H and O–H groups in total. The molecule has 1 aliphatic carbocycles. The summed E-state index contributed by atoms with van der Waals surface area (Å²) in [6.45, 7) is 0. The van der Waals surface area contributed by atoms with E-state index in [9.17, 15) is 9.59 Å². The molecule has 0 saturated heterocycles. The second-order valence-corrected chi connectivity index (χ2v) is 9.41. The highest BCUT2D eigenvalue weighted by atomic mass is 35.5. The lowest BCUT2D eigenvalue weighted by molar-refractivity contribution is 0.103. The molecule has 1 heterocycles. The van der Waals surface area contributed by atoms with Crippen molar-refractivity contribution >= 4 is 60.5 Å². The summed E-state index contributed by atoms with van der Waals surface area (Å²) in [6, 6.07) is 26.5. The summed E-state index contributed by atoms with van der Waals surface area (Å²) in [5.41, 5.74) is 3.98. The van der Waals surface area contributed by atoms with E-state index in [4.69, 9.17) is 23.2 Å². The van der Waals surface area contributed by atoms with E-state index in [1.54, 1.807) is 12.1 Å². The second kappa shape index (κ2) is 8.51. The Morgan fingerprint density at radius 3 is 1.97 bits per heavy atom. The van der Waals surface area contributed by atoms with Crippen LogP contribution in [0.1, 0.15) is 27.0 Å². The van der Waals surface area contributed by atoms with Crippen LogP contribution in [0.2, 0.25) is 10.0 Å². The maximum atomic E-state index is 12.3. The number of halogens is 2. The number of ketones is 1. The quantitative estimate of drug-likeness (QED) is 0.213. The van der Waals surface area contributed by atoms with Crippen LogP contribution in [0.15, 0.2) is 89.7 Å². The van der Waals surface area contributed by atoms with E-state index >= 15 is 0 Å². The summed E-state index contributed by atoms with van der Waals surface area (Å²) < 4.78 is 1.73. The Bertz CT molecular complexity index is 1520. The van der Waals surface area contributed by atoms with Gasteiger partial charge in [-0.3, -0.25) is 9.59 Å². The van der Waals surface area contributed by atoms with Crippen molar-refractivity contribution < 1.29 is 4.79 Å². The maximum absolute atomic E-state index is 12.3. The Labute approximate surface area is 198 Å². The van der Waals surface area contributed by atoms with Crippen LogP contribution in [0.3, 0.4) is 0 Å². The van der Waals surface area contributed by atoms with Gasteiger partial charge in [0, 0.05) is 31.6 Å². The molecule has 1 aromatic heterocycles. The predicted octanol–water partition coefficient (Wildman–Crippen LogP) is 7.54. The van der Waals surface area contributed by atoms with Crippen molar-refractivity contribution in [3.05, 3.63) is 127 Å². The minimum absolute atomic E-state index is 0.0150. The van der Waals surface area contributed by atoms with E-state index in [-0.39, 0.29) is 11.2 Å². The number of carbonyl (C=O) groups excluding carboxylic acids is 1. The van der Waals surface area contributed by atoms with Gasteiger partial charge in [0.15, 0.2) is 11.2 Å². The van der Waals surface area contributed by atoms with Gasteiger partial charge >= 0.3 is 0 Å². The highest BCUT2D eigenvalue weighted by Gasteiger charge is 2.21. The lowest BCUT2D eigenvalue weighted by Crippen LogP contribution is -2.14. The minimum atomic E-state index is -0.0150. The van der Waals surface area contributed by atoms with E-state index in [0.717, 1.165) is 38.1 Å². The molecule has 5 heteroatoms. The smallest absolute Gasteiger partial charge is 0.195 e. The van der Waals surface area contributed by atoms with Gasteiger partial charge in [-0.2, -0.15) is 0 Å². The molecule has 0 amide bonds. The first-order chi connectivity index (χ1) is 15.5. The van der Waals surface area contributed by atoms with Crippen molar-refractivity contribution in [3.8, 4) is 0 Å². The average molecular weight is 475 g/mol. The fourth-order valence-electron chi connectivity index (χ4n) is 3.97. The molecular formula is C27H16Cl2O2S. The van der Waals surface area contributed by atoms with Crippen LogP contribution in [-0.2, 0) is 6.42 Å².